The quantitative estimate of drug-likeness (QED) is 0.0556. The minimum atomic E-state index is -2.02. The van der Waals surface area contributed by atoms with Crippen LogP contribution in [0.25, 0.3) is 0 Å². The van der Waals surface area contributed by atoms with E-state index in [1.807, 2.05) is 27.7 Å². The van der Waals surface area contributed by atoms with Crippen LogP contribution in [0.2, 0.25) is 0 Å². The van der Waals surface area contributed by atoms with E-state index >= 15 is 0 Å². The van der Waals surface area contributed by atoms with Crippen LogP contribution in [-0.4, -0.2) is 112 Å². The number of aliphatic hydroxyl groups is 6. The molecule has 2 aliphatic carbocycles. The fourth-order valence-electron chi connectivity index (χ4n) is 12.9. The highest BCUT2D eigenvalue weighted by Gasteiger charge is 2.65. The molecule has 2 saturated carbocycles. The third-order valence-electron chi connectivity index (χ3n) is 15.0. The average Bonchev–Trinajstić information content (AvgIpc) is 3.16. The standard InChI is InChI=1S/C41H84O6.2C8H14O2.3C3H8O2/c1-25(2)37(26(3)4,27(5)6)44-41(45-38(28(7)8,29(9)10)30(11)12,46-39(31(13)14,32(15)16)42-35(21)22)47-40(33(17)18,34(19)20)43-36(23)24;2*1-6-4-8(5-6)9-7(2,3)10-8;3*1-3(2,4)5/h25-36H,1-24H3;2*6H,4-5H2,1-3H3;3*4-5H,1-2H3. The van der Waals surface area contributed by atoms with Crippen molar-refractivity contribution in [1.29, 1.82) is 0 Å². The van der Waals surface area contributed by atoms with Gasteiger partial charge in [-0.1, -0.05) is 152 Å². The highest BCUT2D eigenvalue weighted by Crippen LogP contribution is 2.55. The maximum absolute atomic E-state index is 8.08. The zero-order chi connectivity index (χ0) is 66.0. The molecular weight excluding hydrogens is 1050 g/mol. The molecule has 0 bridgehead atoms. The van der Waals surface area contributed by atoms with Crippen LogP contribution in [0.1, 0.15) is 275 Å². The summed E-state index contributed by atoms with van der Waals surface area (Å²) in [6, 6.07) is 0. The van der Waals surface area contributed by atoms with Crippen molar-refractivity contribution < 1.29 is 78.0 Å². The summed E-state index contributed by atoms with van der Waals surface area (Å²) >= 11 is 0. The second kappa shape index (κ2) is 31.2. The largest absolute Gasteiger partial charge is 0.418 e. The van der Waals surface area contributed by atoms with Gasteiger partial charge in [0.15, 0.2) is 52.1 Å². The summed E-state index contributed by atoms with van der Waals surface area (Å²) in [6.07, 6.45) is 2.04. The summed E-state index contributed by atoms with van der Waals surface area (Å²) in [6.45, 7) is 72.3. The van der Waals surface area contributed by atoms with Gasteiger partial charge in [0.25, 0.3) is 0 Å². The lowest BCUT2D eigenvalue weighted by molar-refractivity contribution is -0.623. The topological polar surface area (TPSA) is 214 Å². The molecule has 2 heterocycles. The first-order chi connectivity index (χ1) is 36.1. The monoisotopic (exact) mass is 1180 g/mol. The molecule has 0 aromatic carbocycles. The number of rotatable bonds is 22. The Kier molecular flexibility index (Phi) is 31.7. The predicted molar refractivity (Wildman–Crippen MR) is 329 cm³/mol. The van der Waals surface area contributed by atoms with E-state index in [1.165, 1.54) is 41.5 Å². The van der Waals surface area contributed by atoms with Gasteiger partial charge >= 0.3 is 6.16 Å². The normalized spacial score (nSPS) is 19.4. The van der Waals surface area contributed by atoms with Crippen LogP contribution in [-0.2, 0) is 47.4 Å². The maximum atomic E-state index is 8.08. The number of hydrogen-bond donors (Lipinski definition) is 6. The molecule has 16 heteroatoms. The summed E-state index contributed by atoms with van der Waals surface area (Å²) < 4.78 is 67.0. The zero-order valence-corrected chi connectivity index (χ0v) is 59.7. The van der Waals surface area contributed by atoms with Gasteiger partial charge in [-0.15, -0.1) is 0 Å². The summed E-state index contributed by atoms with van der Waals surface area (Å²) in [5, 5.41) is 48.5. The molecule has 82 heavy (non-hydrogen) atoms. The van der Waals surface area contributed by atoms with Crippen molar-refractivity contribution in [3.8, 4) is 0 Å². The molecule has 0 unspecified atom stereocenters. The second-order valence-electron chi connectivity index (χ2n) is 30.5. The summed E-state index contributed by atoms with van der Waals surface area (Å²) in [7, 11) is 0. The molecule has 0 aromatic rings. The molecule has 6 N–H and O–H groups in total. The highest BCUT2D eigenvalue weighted by atomic mass is 17.1. The fourth-order valence-corrected chi connectivity index (χ4v) is 12.9. The van der Waals surface area contributed by atoms with Crippen LogP contribution >= 0.6 is 0 Å². The molecule has 4 aliphatic rings. The lowest BCUT2D eigenvalue weighted by Gasteiger charge is -2.59. The lowest BCUT2D eigenvalue weighted by Crippen LogP contribution is -2.69. The Bertz CT molecular complexity index is 1530. The smallest absolute Gasteiger partial charge is 0.366 e. The van der Waals surface area contributed by atoms with Crippen molar-refractivity contribution in [3.05, 3.63) is 0 Å². The third-order valence-corrected chi connectivity index (χ3v) is 15.0. The summed E-state index contributed by atoms with van der Waals surface area (Å²) in [5.74, 6) is -5.79. The Labute approximate surface area is 503 Å². The van der Waals surface area contributed by atoms with Crippen LogP contribution in [0.5, 0.6) is 0 Å². The van der Waals surface area contributed by atoms with E-state index in [2.05, 4.69) is 180 Å². The molecule has 496 valence electrons. The van der Waals surface area contributed by atoms with Crippen LogP contribution in [0, 0.1) is 71.0 Å². The molecule has 2 saturated heterocycles. The lowest BCUT2D eigenvalue weighted by atomic mass is 9.72. The molecule has 16 nitrogen and oxygen atoms in total. The van der Waals surface area contributed by atoms with Gasteiger partial charge in [-0.25, -0.2) is 0 Å². The van der Waals surface area contributed by atoms with E-state index in [9.17, 15) is 0 Å². The predicted octanol–water partition coefficient (Wildman–Crippen LogP) is 14.9. The summed E-state index contributed by atoms with van der Waals surface area (Å²) in [5.41, 5.74) is -1.41. The third kappa shape index (κ3) is 25.8. The summed E-state index contributed by atoms with van der Waals surface area (Å²) in [4.78, 5) is 0. The van der Waals surface area contributed by atoms with E-state index in [0.717, 1.165) is 37.5 Å². The first-order valence-electron chi connectivity index (χ1n) is 31.4. The van der Waals surface area contributed by atoms with Gasteiger partial charge in [0, 0.05) is 49.4 Å². The molecule has 0 aromatic heterocycles. The molecular formula is C66H136O16. The van der Waals surface area contributed by atoms with E-state index in [4.69, 9.17) is 78.0 Å². The van der Waals surface area contributed by atoms with E-state index in [1.54, 1.807) is 0 Å². The Morgan fingerprint density at radius 2 is 0.500 bits per heavy atom. The Balaban J connectivity index is 0. The first kappa shape index (κ1) is 83.4. The van der Waals surface area contributed by atoms with Crippen molar-refractivity contribution in [2.45, 2.75) is 357 Å². The Hall–Kier alpha value is -0.640. The highest BCUT2D eigenvalue weighted by molar-refractivity contribution is 4.98. The van der Waals surface area contributed by atoms with Crippen LogP contribution in [0.4, 0.5) is 0 Å². The molecule has 2 aliphatic heterocycles. The minimum Gasteiger partial charge on any atom is -0.366 e. The van der Waals surface area contributed by atoms with E-state index in [-0.39, 0.29) is 94.5 Å². The van der Waals surface area contributed by atoms with Gasteiger partial charge in [0.05, 0.1) is 23.4 Å². The van der Waals surface area contributed by atoms with Gasteiger partial charge in [-0.3, -0.25) is 18.9 Å². The average molecular weight is 1190 g/mol. The van der Waals surface area contributed by atoms with Crippen LogP contribution in [0.3, 0.4) is 0 Å². The zero-order valence-electron chi connectivity index (χ0n) is 59.7. The molecule has 0 atom stereocenters. The second-order valence-corrected chi connectivity index (χ2v) is 30.5. The van der Waals surface area contributed by atoms with Crippen LogP contribution < -0.4 is 0 Å². The van der Waals surface area contributed by atoms with Gasteiger partial charge in [-0.2, -0.15) is 0 Å². The van der Waals surface area contributed by atoms with Gasteiger partial charge in [0.2, 0.25) is 0 Å². The minimum absolute atomic E-state index is 0.0725. The fraction of sp³-hybridized carbons (Fsp3) is 1.00. The molecule has 0 amide bonds. The van der Waals surface area contributed by atoms with Crippen molar-refractivity contribution in [2.24, 2.45) is 71.0 Å². The van der Waals surface area contributed by atoms with E-state index in [0.29, 0.717) is 0 Å². The SMILES string of the molecule is CC(C)(O)O.CC(C)(O)O.CC(C)(O)O.CC(C)OC(OC(OC(OC(C)C)(C(C)C)C(C)C)(OC(C(C)C)(C(C)C)C(C)C)OC(C(C)C)(C(C)C)C(C)C)(C(C)C)C(C)C.CC1CC2(C1)OC(C)(C)O2.CC1CC2(C1)OC(C)(C)O2. The van der Waals surface area contributed by atoms with Gasteiger partial charge in [0.1, 0.15) is 0 Å². The van der Waals surface area contributed by atoms with Crippen molar-refractivity contribution >= 4 is 0 Å². The van der Waals surface area contributed by atoms with Gasteiger partial charge < -0.3 is 59.1 Å². The molecule has 2 spiro atoms. The molecule has 0 radical (unpaired) electrons. The van der Waals surface area contributed by atoms with Gasteiger partial charge in [-0.05, 0) is 144 Å². The van der Waals surface area contributed by atoms with Crippen molar-refractivity contribution in [2.75, 3.05) is 0 Å². The number of hydrogen-bond acceptors (Lipinski definition) is 16. The first-order valence-corrected chi connectivity index (χ1v) is 31.4. The number of ether oxygens (including phenoxy) is 10. The molecule has 4 fully saturated rings. The maximum Gasteiger partial charge on any atom is 0.418 e. The van der Waals surface area contributed by atoms with Crippen LogP contribution in [0.15, 0.2) is 0 Å². The van der Waals surface area contributed by atoms with Crippen molar-refractivity contribution in [1.82, 2.24) is 0 Å². The van der Waals surface area contributed by atoms with Crippen molar-refractivity contribution in [3.63, 3.8) is 0 Å². The van der Waals surface area contributed by atoms with E-state index < -0.39 is 46.3 Å². The Morgan fingerprint density at radius 3 is 0.610 bits per heavy atom. The Morgan fingerprint density at radius 1 is 0.329 bits per heavy atom. The molecule has 4 rings (SSSR count).